The maximum atomic E-state index is 11.8. The van der Waals surface area contributed by atoms with Gasteiger partial charge >= 0.3 is 6.03 Å². The van der Waals surface area contributed by atoms with Crippen molar-refractivity contribution in [2.45, 2.75) is 51.0 Å². The van der Waals surface area contributed by atoms with Gasteiger partial charge in [-0.1, -0.05) is 11.6 Å². The number of rotatable bonds is 8. The average Bonchev–Trinajstić information content (AvgIpc) is 3.26. The largest absolute Gasteiger partial charge is 0.337 e. The van der Waals surface area contributed by atoms with Gasteiger partial charge in [0, 0.05) is 25.7 Å². The lowest BCUT2D eigenvalue weighted by atomic mass is 9.97. The van der Waals surface area contributed by atoms with Crippen LogP contribution in [-0.4, -0.2) is 50.7 Å². The number of urea groups is 1. The number of hydrogen-bond acceptors (Lipinski definition) is 3. The van der Waals surface area contributed by atoms with E-state index in [1.165, 1.54) is 29.0 Å². The van der Waals surface area contributed by atoms with Crippen molar-refractivity contribution in [1.29, 1.82) is 0 Å². The second-order valence-electron chi connectivity index (χ2n) is 6.19. The van der Waals surface area contributed by atoms with Crippen LogP contribution in [0.3, 0.4) is 0 Å². The Kier molecular flexibility index (Phi) is 6.26. The van der Waals surface area contributed by atoms with Crippen molar-refractivity contribution < 1.29 is 13.2 Å². The Morgan fingerprint density at radius 1 is 1.32 bits per heavy atom. The molecule has 1 fully saturated rings. The number of allylic oxidation sites excluding steroid dienone is 1. The van der Waals surface area contributed by atoms with Crippen LogP contribution in [-0.2, 0) is 10.0 Å². The minimum atomic E-state index is -3.24. The summed E-state index contributed by atoms with van der Waals surface area (Å²) in [4.78, 5) is 11.5. The number of carbonyl (C=O) groups is 1. The monoisotopic (exact) mass is 329 g/mol. The molecule has 0 atom stereocenters. The molecule has 126 valence electrons. The van der Waals surface area contributed by atoms with Gasteiger partial charge < -0.3 is 10.6 Å². The standard InChI is InChI=1S/C15H27N3O3S/c1-22(20,21)18(11-9-13-5-3-2-4-6-13)12-10-16-15(19)17-14-7-8-14/h5,14H,2-4,6-12H2,1H3,(H2,16,17,19). The zero-order valence-electron chi connectivity index (χ0n) is 13.3. The average molecular weight is 329 g/mol. The molecule has 2 amide bonds. The Labute approximate surface area is 133 Å². The van der Waals surface area contributed by atoms with Crippen LogP contribution in [0.15, 0.2) is 11.6 Å². The quantitative estimate of drug-likeness (QED) is 0.664. The van der Waals surface area contributed by atoms with Crippen LogP contribution in [0.5, 0.6) is 0 Å². The number of amides is 2. The number of carbonyl (C=O) groups excluding carboxylic acids is 1. The summed E-state index contributed by atoms with van der Waals surface area (Å²) in [6.45, 7) is 1.16. The summed E-state index contributed by atoms with van der Waals surface area (Å²) in [5, 5.41) is 5.55. The van der Waals surface area contributed by atoms with Crippen LogP contribution >= 0.6 is 0 Å². The van der Waals surface area contributed by atoms with Crippen LogP contribution in [0.25, 0.3) is 0 Å². The van der Waals surface area contributed by atoms with Crippen LogP contribution < -0.4 is 10.6 Å². The van der Waals surface area contributed by atoms with Gasteiger partial charge in [-0.25, -0.2) is 17.5 Å². The van der Waals surface area contributed by atoms with E-state index in [1.54, 1.807) is 0 Å². The summed E-state index contributed by atoms with van der Waals surface area (Å²) in [7, 11) is -3.24. The molecule has 1 saturated carbocycles. The molecular weight excluding hydrogens is 302 g/mol. The zero-order valence-corrected chi connectivity index (χ0v) is 14.1. The molecule has 0 heterocycles. The molecule has 0 aliphatic heterocycles. The molecule has 0 aromatic carbocycles. The Balaban J connectivity index is 1.73. The number of nitrogens with one attached hydrogen (secondary N) is 2. The van der Waals surface area contributed by atoms with Crippen LogP contribution in [0, 0.1) is 0 Å². The summed E-state index contributed by atoms with van der Waals surface area (Å²) in [5.41, 5.74) is 1.36. The van der Waals surface area contributed by atoms with Gasteiger partial charge in [-0.2, -0.15) is 0 Å². The second-order valence-corrected chi connectivity index (χ2v) is 8.18. The Bertz CT molecular complexity index is 512. The summed E-state index contributed by atoms with van der Waals surface area (Å²) >= 11 is 0. The molecule has 2 N–H and O–H groups in total. The Morgan fingerprint density at radius 3 is 2.68 bits per heavy atom. The highest BCUT2D eigenvalue weighted by atomic mass is 32.2. The molecular formula is C15H27N3O3S. The highest BCUT2D eigenvalue weighted by Gasteiger charge is 2.23. The lowest BCUT2D eigenvalue weighted by molar-refractivity contribution is 0.239. The molecule has 22 heavy (non-hydrogen) atoms. The first-order valence-corrected chi connectivity index (χ1v) is 9.97. The van der Waals surface area contributed by atoms with Crippen LogP contribution in [0.2, 0.25) is 0 Å². The predicted octanol–water partition coefficient (Wildman–Crippen LogP) is 1.60. The molecule has 2 rings (SSSR count). The van der Waals surface area contributed by atoms with Gasteiger partial charge in [-0.3, -0.25) is 0 Å². The van der Waals surface area contributed by atoms with Gasteiger partial charge in [-0.05, 0) is 44.9 Å². The van der Waals surface area contributed by atoms with Gasteiger partial charge in [0.05, 0.1) is 6.26 Å². The van der Waals surface area contributed by atoms with E-state index in [2.05, 4.69) is 16.7 Å². The van der Waals surface area contributed by atoms with Crippen LogP contribution in [0.4, 0.5) is 4.79 Å². The van der Waals surface area contributed by atoms with Gasteiger partial charge in [-0.15, -0.1) is 0 Å². The maximum absolute atomic E-state index is 11.8. The van der Waals surface area contributed by atoms with E-state index >= 15 is 0 Å². The van der Waals surface area contributed by atoms with E-state index < -0.39 is 10.0 Å². The molecule has 0 unspecified atom stereocenters. The molecule has 0 bridgehead atoms. The third kappa shape index (κ3) is 6.36. The SMILES string of the molecule is CS(=O)(=O)N(CCNC(=O)NC1CC1)CCC1=CCCCC1. The highest BCUT2D eigenvalue weighted by Crippen LogP contribution is 2.20. The topological polar surface area (TPSA) is 78.5 Å². The lowest BCUT2D eigenvalue weighted by Crippen LogP contribution is -2.42. The van der Waals surface area contributed by atoms with Gasteiger partial charge in [0.1, 0.15) is 0 Å². The smallest absolute Gasteiger partial charge is 0.315 e. The van der Waals surface area contributed by atoms with Gasteiger partial charge in [0.15, 0.2) is 0 Å². The van der Waals surface area contributed by atoms with Crippen molar-refractivity contribution >= 4 is 16.1 Å². The van der Waals surface area contributed by atoms with Crippen molar-refractivity contribution in [2.24, 2.45) is 0 Å². The van der Waals surface area contributed by atoms with Crippen molar-refractivity contribution in [3.05, 3.63) is 11.6 Å². The van der Waals surface area contributed by atoms with Crippen LogP contribution in [0.1, 0.15) is 44.9 Å². The van der Waals surface area contributed by atoms with Crippen molar-refractivity contribution in [2.75, 3.05) is 25.9 Å². The third-order valence-electron chi connectivity index (χ3n) is 4.10. The highest BCUT2D eigenvalue weighted by molar-refractivity contribution is 7.88. The van der Waals surface area contributed by atoms with Crippen molar-refractivity contribution in [3.63, 3.8) is 0 Å². The zero-order chi connectivity index (χ0) is 16.0. The molecule has 0 radical (unpaired) electrons. The first kappa shape index (κ1) is 17.3. The molecule has 0 aromatic rings. The minimum Gasteiger partial charge on any atom is -0.337 e. The minimum absolute atomic E-state index is 0.203. The lowest BCUT2D eigenvalue weighted by Gasteiger charge is -2.22. The summed E-state index contributed by atoms with van der Waals surface area (Å²) in [6, 6.07) is 0.107. The van der Waals surface area contributed by atoms with Gasteiger partial charge in [0.25, 0.3) is 0 Å². The van der Waals surface area contributed by atoms with E-state index in [0.29, 0.717) is 25.7 Å². The first-order chi connectivity index (χ1) is 10.4. The summed E-state index contributed by atoms with van der Waals surface area (Å²) < 4.78 is 25.1. The molecule has 2 aliphatic carbocycles. The summed E-state index contributed by atoms with van der Waals surface area (Å²) in [5.74, 6) is 0. The van der Waals surface area contributed by atoms with E-state index in [0.717, 1.165) is 32.1 Å². The fourth-order valence-corrected chi connectivity index (χ4v) is 3.45. The maximum Gasteiger partial charge on any atom is 0.315 e. The number of sulfonamides is 1. The molecule has 0 aromatic heterocycles. The van der Waals surface area contributed by atoms with Gasteiger partial charge in [0.2, 0.25) is 10.0 Å². The molecule has 0 spiro atoms. The Morgan fingerprint density at radius 2 is 2.09 bits per heavy atom. The van der Waals surface area contributed by atoms with E-state index in [1.807, 2.05) is 0 Å². The first-order valence-electron chi connectivity index (χ1n) is 8.12. The molecule has 2 aliphatic rings. The number of nitrogens with zero attached hydrogens (tertiary/aromatic N) is 1. The molecule has 6 nitrogen and oxygen atoms in total. The second kappa shape index (κ2) is 7.97. The number of hydrogen-bond donors (Lipinski definition) is 2. The fourth-order valence-electron chi connectivity index (χ4n) is 2.60. The third-order valence-corrected chi connectivity index (χ3v) is 5.40. The molecule has 0 saturated heterocycles. The van der Waals surface area contributed by atoms with E-state index in [4.69, 9.17) is 0 Å². The fraction of sp³-hybridized carbons (Fsp3) is 0.800. The van der Waals surface area contributed by atoms with E-state index in [9.17, 15) is 13.2 Å². The predicted molar refractivity (Wildman–Crippen MR) is 87.1 cm³/mol. The molecule has 7 heteroatoms. The van der Waals surface area contributed by atoms with Crippen molar-refractivity contribution in [3.8, 4) is 0 Å². The van der Waals surface area contributed by atoms with E-state index in [-0.39, 0.29) is 6.03 Å². The normalized spacial score (nSPS) is 18.9. The summed E-state index contributed by atoms with van der Waals surface area (Å²) in [6.07, 6.45) is 11.0. The van der Waals surface area contributed by atoms with Crippen molar-refractivity contribution in [1.82, 2.24) is 14.9 Å². The Hall–Kier alpha value is -1.08.